The van der Waals surface area contributed by atoms with E-state index in [0.29, 0.717) is 6.61 Å². The Morgan fingerprint density at radius 3 is 2.68 bits per heavy atom. The molecule has 2 rings (SSSR count). The van der Waals surface area contributed by atoms with Gasteiger partial charge in [0.15, 0.2) is 0 Å². The highest BCUT2D eigenvalue weighted by molar-refractivity contribution is 9.10. The number of furan rings is 1. The summed E-state index contributed by atoms with van der Waals surface area (Å²) < 4.78 is 11.8. The molecule has 0 bridgehead atoms. The zero-order valence-electron chi connectivity index (χ0n) is 11.0. The number of benzene rings is 1. The molecule has 1 aromatic heterocycles. The van der Waals surface area contributed by atoms with E-state index in [1.165, 1.54) is 0 Å². The summed E-state index contributed by atoms with van der Waals surface area (Å²) >= 11 is 10.1. The first-order valence-corrected chi connectivity index (χ1v) is 7.52. The number of rotatable bonds is 5. The topological polar surface area (TPSA) is 22.4 Å². The number of alkyl halides is 1. The Kier molecular flexibility index (Phi) is 4.94. The van der Waals surface area contributed by atoms with Crippen LogP contribution in [0.4, 0.5) is 0 Å². The summed E-state index contributed by atoms with van der Waals surface area (Å²) in [5, 5.41) is -0.223. The van der Waals surface area contributed by atoms with Gasteiger partial charge >= 0.3 is 0 Å². The average Bonchev–Trinajstić information content (AvgIpc) is 2.87. The molecule has 1 atom stereocenters. The lowest BCUT2D eigenvalue weighted by molar-refractivity contribution is 0.340. The van der Waals surface area contributed by atoms with Gasteiger partial charge in [-0.25, -0.2) is 0 Å². The van der Waals surface area contributed by atoms with Gasteiger partial charge in [-0.2, -0.15) is 0 Å². The van der Waals surface area contributed by atoms with Crippen LogP contribution in [0.5, 0.6) is 5.75 Å². The van der Waals surface area contributed by atoms with E-state index >= 15 is 0 Å². The van der Waals surface area contributed by atoms with Gasteiger partial charge in [-0.05, 0) is 30.7 Å². The van der Waals surface area contributed by atoms with Crippen LogP contribution in [0.3, 0.4) is 0 Å². The molecular weight excluding hydrogens is 328 g/mol. The Balaban J connectivity index is 2.31. The maximum absolute atomic E-state index is 6.56. The molecular formula is C15H16BrClO2. The highest BCUT2D eigenvalue weighted by Gasteiger charge is 2.19. The zero-order chi connectivity index (χ0) is 13.8. The second-order valence-electron chi connectivity index (χ2n) is 4.13. The van der Waals surface area contributed by atoms with Crippen molar-refractivity contribution in [1.29, 1.82) is 0 Å². The van der Waals surface area contributed by atoms with Gasteiger partial charge in [-0.3, -0.25) is 0 Å². The fourth-order valence-corrected chi connectivity index (χ4v) is 3.10. The molecule has 0 aliphatic heterocycles. The zero-order valence-corrected chi connectivity index (χ0v) is 13.3. The third-order valence-corrected chi connectivity index (χ3v) is 4.09. The largest absolute Gasteiger partial charge is 0.494 e. The molecule has 0 saturated heterocycles. The third kappa shape index (κ3) is 3.15. The Bertz CT molecular complexity index is 551. The first-order valence-electron chi connectivity index (χ1n) is 6.29. The second kappa shape index (κ2) is 6.49. The molecule has 0 radical (unpaired) electrons. The highest BCUT2D eigenvalue weighted by atomic mass is 79.9. The Hall–Kier alpha value is -0.930. The van der Waals surface area contributed by atoms with Gasteiger partial charge < -0.3 is 9.15 Å². The summed E-state index contributed by atoms with van der Waals surface area (Å²) in [5.41, 5.74) is 2.04. The Morgan fingerprint density at radius 1 is 1.26 bits per heavy atom. The van der Waals surface area contributed by atoms with Crippen molar-refractivity contribution < 1.29 is 9.15 Å². The van der Waals surface area contributed by atoms with Crippen molar-refractivity contribution >= 4 is 27.5 Å². The lowest BCUT2D eigenvalue weighted by Crippen LogP contribution is -1.98. The molecule has 1 unspecified atom stereocenters. The van der Waals surface area contributed by atoms with Crippen molar-refractivity contribution in [1.82, 2.24) is 0 Å². The van der Waals surface area contributed by atoms with E-state index in [1.807, 2.05) is 31.2 Å². The lowest BCUT2D eigenvalue weighted by Gasteiger charge is -2.13. The molecule has 2 aromatic rings. The van der Waals surface area contributed by atoms with Crippen molar-refractivity contribution in [3.63, 3.8) is 0 Å². The molecule has 102 valence electrons. The minimum absolute atomic E-state index is 0.223. The second-order valence-corrected chi connectivity index (χ2v) is 5.42. The molecule has 4 heteroatoms. The predicted octanol–water partition coefficient (Wildman–Crippen LogP) is 5.33. The van der Waals surface area contributed by atoms with Crippen molar-refractivity contribution in [2.75, 3.05) is 6.61 Å². The summed E-state index contributed by atoms with van der Waals surface area (Å²) in [5.74, 6) is 1.77. The SMILES string of the molecule is CCOc1ccc(C(Cl)c2ccoc2CC)c(Br)c1. The Morgan fingerprint density at radius 2 is 2.05 bits per heavy atom. The quantitative estimate of drug-likeness (QED) is 0.684. The number of hydrogen-bond donors (Lipinski definition) is 0. The molecule has 0 saturated carbocycles. The molecule has 1 aromatic carbocycles. The van der Waals surface area contributed by atoms with E-state index in [4.69, 9.17) is 20.8 Å². The van der Waals surface area contributed by atoms with E-state index in [0.717, 1.165) is 33.5 Å². The first kappa shape index (κ1) is 14.5. The molecule has 19 heavy (non-hydrogen) atoms. The number of ether oxygens (including phenoxy) is 1. The van der Waals surface area contributed by atoms with Crippen LogP contribution in [0.15, 0.2) is 39.4 Å². The normalized spacial score (nSPS) is 12.4. The van der Waals surface area contributed by atoms with E-state index in [1.54, 1.807) is 6.26 Å². The van der Waals surface area contributed by atoms with Gasteiger partial charge in [0.2, 0.25) is 0 Å². The van der Waals surface area contributed by atoms with Crippen LogP contribution in [-0.4, -0.2) is 6.61 Å². The van der Waals surface area contributed by atoms with Crippen molar-refractivity contribution in [3.8, 4) is 5.75 Å². The van der Waals surface area contributed by atoms with Crippen LogP contribution >= 0.6 is 27.5 Å². The van der Waals surface area contributed by atoms with Gasteiger partial charge in [0, 0.05) is 16.5 Å². The van der Waals surface area contributed by atoms with Gasteiger partial charge in [-0.15, -0.1) is 11.6 Å². The van der Waals surface area contributed by atoms with Crippen LogP contribution in [0.25, 0.3) is 0 Å². The van der Waals surface area contributed by atoms with Gasteiger partial charge in [0.05, 0.1) is 18.2 Å². The van der Waals surface area contributed by atoms with E-state index in [9.17, 15) is 0 Å². The maximum Gasteiger partial charge on any atom is 0.120 e. The van der Waals surface area contributed by atoms with Gasteiger partial charge in [0.25, 0.3) is 0 Å². The molecule has 0 amide bonds. The van der Waals surface area contributed by atoms with E-state index < -0.39 is 0 Å². The smallest absolute Gasteiger partial charge is 0.120 e. The fourth-order valence-electron chi connectivity index (χ4n) is 2.00. The summed E-state index contributed by atoms with van der Waals surface area (Å²) in [6.07, 6.45) is 2.52. The molecule has 1 heterocycles. The first-order chi connectivity index (χ1) is 9.17. The van der Waals surface area contributed by atoms with Crippen LogP contribution < -0.4 is 4.74 Å². The number of halogens is 2. The van der Waals surface area contributed by atoms with Crippen molar-refractivity contribution in [3.05, 3.63) is 51.9 Å². The number of hydrogen-bond acceptors (Lipinski definition) is 2. The minimum Gasteiger partial charge on any atom is -0.494 e. The van der Waals surface area contributed by atoms with E-state index in [-0.39, 0.29) is 5.38 Å². The van der Waals surface area contributed by atoms with E-state index in [2.05, 4.69) is 22.9 Å². The van der Waals surface area contributed by atoms with Crippen LogP contribution in [0, 0.1) is 0 Å². The molecule has 0 aliphatic carbocycles. The third-order valence-electron chi connectivity index (χ3n) is 2.93. The van der Waals surface area contributed by atoms with Crippen LogP contribution in [0.1, 0.15) is 36.1 Å². The van der Waals surface area contributed by atoms with Crippen LogP contribution in [-0.2, 0) is 6.42 Å². The Labute approximate surface area is 126 Å². The minimum atomic E-state index is -0.223. The lowest BCUT2D eigenvalue weighted by atomic mass is 10.0. The highest BCUT2D eigenvalue weighted by Crippen LogP contribution is 2.37. The fraction of sp³-hybridized carbons (Fsp3) is 0.333. The predicted molar refractivity (Wildman–Crippen MR) is 81.1 cm³/mol. The number of aryl methyl sites for hydroxylation is 1. The standard InChI is InChI=1S/C15H16BrClO2/c1-3-14-12(7-8-19-14)15(17)11-6-5-10(18-4-2)9-13(11)16/h5-9,15H,3-4H2,1-2H3. The van der Waals surface area contributed by atoms with Crippen molar-refractivity contribution in [2.45, 2.75) is 25.6 Å². The molecule has 0 N–H and O–H groups in total. The average molecular weight is 344 g/mol. The molecule has 0 fully saturated rings. The summed E-state index contributed by atoms with van der Waals surface area (Å²) in [7, 11) is 0. The summed E-state index contributed by atoms with van der Waals surface area (Å²) in [4.78, 5) is 0. The molecule has 0 spiro atoms. The maximum atomic E-state index is 6.56. The van der Waals surface area contributed by atoms with Crippen LogP contribution in [0.2, 0.25) is 0 Å². The monoisotopic (exact) mass is 342 g/mol. The summed E-state index contributed by atoms with van der Waals surface area (Å²) in [6, 6.07) is 7.79. The van der Waals surface area contributed by atoms with Gasteiger partial charge in [-0.1, -0.05) is 28.9 Å². The van der Waals surface area contributed by atoms with Crippen molar-refractivity contribution in [2.24, 2.45) is 0 Å². The summed E-state index contributed by atoms with van der Waals surface area (Å²) in [6.45, 7) is 4.67. The van der Waals surface area contributed by atoms with Gasteiger partial charge in [0.1, 0.15) is 11.5 Å². The molecule has 0 aliphatic rings. The molecule has 2 nitrogen and oxygen atoms in total.